The summed E-state index contributed by atoms with van der Waals surface area (Å²) >= 11 is 0. The number of amidine groups is 1. The maximum Gasteiger partial charge on any atom is 0.256 e. The van der Waals surface area contributed by atoms with E-state index in [2.05, 4.69) is 29.2 Å². The third-order valence-corrected chi connectivity index (χ3v) is 7.78. The molecule has 0 bridgehead atoms. The van der Waals surface area contributed by atoms with Crippen LogP contribution in [0, 0.1) is 11.8 Å². The molecule has 1 N–H and O–H groups in total. The number of benzene rings is 1. The monoisotopic (exact) mass is 453 g/mol. The molecule has 2 saturated carbocycles. The fraction of sp³-hybridized carbons (Fsp3) is 0.407. The molecular weight excluding hydrogens is 426 g/mol. The van der Waals surface area contributed by atoms with Crippen molar-refractivity contribution in [1.29, 1.82) is 0 Å². The van der Waals surface area contributed by atoms with Crippen molar-refractivity contribution < 1.29 is 9.59 Å². The highest BCUT2D eigenvalue weighted by atomic mass is 16.2. The molecule has 2 aliphatic carbocycles. The second-order valence-electron chi connectivity index (χ2n) is 10.3. The van der Waals surface area contributed by atoms with Crippen LogP contribution in [0.15, 0.2) is 53.8 Å². The average Bonchev–Trinajstić information content (AvgIpc) is 3.74. The Hall–Kier alpha value is -3.48. The summed E-state index contributed by atoms with van der Waals surface area (Å²) in [5.74, 6) is 1.72. The Kier molecular flexibility index (Phi) is 4.26. The lowest BCUT2D eigenvalue weighted by atomic mass is 10.1. The average molecular weight is 454 g/mol. The van der Waals surface area contributed by atoms with Gasteiger partial charge in [0, 0.05) is 60.0 Å². The van der Waals surface area contributed by atoms with Crippen molar-refractivity contribution in [2.75, 3.05) is 19.6 Å². The topological polar surface area (TPSA) is 81.7 Å². The minimum absolute atomic E-state index is 0.122. The molecule has 1 saturated heterocycles. The van der Waals surface area contributed by atoms with E-state index in [9.17, 15) is 9.59 Å². The number of aromatic nitrogens is 2. The van der Waals surface area contributed by atoms with Crippen LogP contribution in [0.3, 0.4) is 0 Å². The van der Waals surface area contributed by atoms with Crippen LogP contribution in [0.2, 0.25) is 0 Å². The fourth-order valence-electron chi connectivity index (χ4n) is 5.43. The Labute approximate surface area is 197 Å². The largest absolute Gasteiger partial charge is 0.361 e. The van der Waals surface area contributed by atoms with E-state index in [1.807, 2.05) is 34.3 Å². The highest BCUT2D eigenvalue weighted by Crippen LogP contribution is 2.46. The molecule has 3 fully saturated rings. The molecule has 2 amide bonds. The van der Waals surface area contributed by atoms with Crippen LogP contribution in [0.1, 0.15) is 37.7 Å². The molecule has 1 unspecified atom stereocenters. The zero-order valence-electron chi connectivity index (χ0n) is 19.0. The van der Waals surface area contributed by atoms with Gasteiger partial charge >= 0.3 is 0 Å². The first-order valence-corrected chi connectivity index (χ1v) is 12.3. The molecule has 1 spiro atoms. The van der Waals surface area contributed by atoms with Crippen LogP contribution >= 0.6 is 0 Å². The molecule has 3 aromatic rings. The lowest BCUT2D eigenvalue weighted by molar-refractivity contribution is -0.131. The summed E-state index contributed by atoms with van der Waals surface area (Å²) in [4.78, 5) is 42.5. The summed E-state index contributed by atoms with van der Waals surface area (Å²) in [7, 11) is 0. The van der Waals surface area contributed by atoms with Gasteiger partial charge in [0.05, 0.1) is 5.69 Å². The molecule has 0 radical (unpaired) electrons. The Morgan fingerprint density at radius 1 is 1.09 bits per heavy atom. The van der Waals surface area contributed by atoms with Gasteiger partial charge in [0.1, 0.15) is 11.4 Å². The van der Waals surface area contributed by atoms with E-state index in [1.165, 1.54) is 0 Å². The molecule has 7 rings (SSSR count). The van der Waals surface area contributed by atoms with Crippen LogP contribution in [-0.4, -0.2) is 62.6 Å². The number of likely N-dealkylation sites (tertiary alicyclic amines) is 1. The van der Waals surface area contributed by atoms with Gasteiger partial charge in [0.25, 0.3) is 5.91 Å². The van der Waals surface area contributed by atoms with Crippen LogP contribution in [0.4, 0.5) is 0 Å². The summed E-state index contributed by atoms with van der Waals surface area (Å²) in [5, 5.41) is 1.15. The van der Waals surface area contributed by atoms with Crippen LogP contribution in [0.5, 0.6) is 0 Å². The minimum atomic E-state index is -0.546. The highest BCUT2D eigenvalue weighted by Gasteiger charge is 2.57. The third-order valence-electron chi connectivity index (χ3n) is 7.78. The van der Waals surface area contributed by atoms with Crippen molar-refractivity contribution in [3.8, 4) is 11.3 Å². The van der Waals surface area contributed by atoms with Gasteiger partial charge in [0.15, 0.2) is 0 Å². The van der Waals surface area contributed by atoms with E-state index in [1.54, 1.807) is 0 Å². The van der Waals surface area contributed by atoms with Crippen LogP contribution in [-0.2, 0) is 9.59 Å². The lowest BCUT2D eigenvalue weighted by Gasteiger charge is -2.23. The predicted molar refractivity (Wildman–Crippen MR) is 129 cm³/mol. The number of aliphatic imine (C=N–C) groups is 1. The SMILES string of the molecule is O=C(C1CC1)N1CCC(CN2C(=O)C3(CC3)N=C2c2ccc(-c3ccc4[nH]ccc4c3)nc2)C1. The molecule has 1 atom stereocenters. The summed E-state index contributed by atoms with van der Waals surface area (Å²) in [6.45, 7) is 2.18. The summed E-state index contributed by atoms with van der Waals surface area (Å²) < 4.78 is 0. The smallest absolute Gasteiger partial charge is 0.256 e. The number of carbonyl (C=O) groups excluding carboxylic acids is 2. The Morgan fingerprint density at radius 2 is 1.94 bits per heavy atom. The molecule has 172 valence electrons. The van der Waals surface area contributed by atoms with Gasteiger partial charge in [-0.2, -0.15) is 0 Å². The lowest BCUT2D eigenvalue weighted by Crippen LogP contribution is -2.41. The maximum absolute atomic E-state index is 13.3. The minimum Gasteiger partial charge on any atom is -0.361 e. The van der Waals surface area contributed by atoms with Gasteiger partial charge in [-0.15, -0.1) is 0 Å². The number of rotatable bonds is 5. The zero-order valence-corrected chi connectivity index (χ0v) is 19.0. The molecule has 2 aliphatic heterocycles. The molecule has 4 aliphatic rings. The molecule has 7 heteroatoms. The molecule has 7 nitrogen and oxygen atoms in total. The first-order chi connectivity index (χ1) is 16.6. The maximum atomic E-state index is 13.3. The van der Waals surface area contributed by atoms with Crippen molar-refractivity contribution in [3.05, 3.63) is 54.4 Å². The van der Waals surface area contributed by atoms with Crippen molar-refractivity contribution in [3.63, 3.8) is 0 Å². The number of fused-ring (bicyclic) bond motifs is 1. The van der Waals surface area contributed by atoms with Crippen molar-refractivity contribution in [2.45, 2.75) is 37.6 Å². The molecule has 2 aromatic heterocycles. The summed E-state index contributed by atoms with van der Waals surface area (Å²) in [6.07, 6.45) is 8.44. The molecule has 4 heterocycles. The van der Waals surface area contributed by atoms with E-state index < -0.39 is 5.54 Å². The number of carbonyl (C=O) groups is 2. The second-order valence-corrected chi connectivity index (χ2v) is 10.3. The normalized spacial score (nSPS) is 23.2. The first kappa shape index (κ1) is 19.9. The first-order valence-electron chi connectivity index (χ1n) is 12.3. The van der Waals surface area contributed by atoms with Gasteiger partial charge in [-0.1, -0.05) is 6.07 Å². The van der Waals surface area contributed by atoms with E-state index >= 15 is 0 Å². The van der Waals surface area contributed by atoms with E-state index in [0.29, 0.717) is 18.4 Å². The number of hydrogen-bond donors (Lipinski definition) is 1. The number of pyridine rings is 1. The summed E-state index contributed by atoms with van der Waals surface area (Å²) in [5.41, 5.74) is 3.40. The second kappa shape index (κ2) is 7.26. The number of aromatic amines is 1. The van der Waals surface area contributed by atoms with Gasteiger partial charge in [-0.05, 0) is 68.4 Å². The standard InChI is InChI=1S/C27H27N5O2/c33-25(18-1-2-18)31-12-8-17(15-31)16-32-24(30-27(9-10-27)26(32)34)21-4-6-23(29-14-21)19-3-5-22-20(13-19)7-11-28-22/h3-7,11,13-14,17-18,28H,1-2,8-10,12,15-16H2. The number of nitrogens with one attached hydrogen (secondary N) is 1. The highest BCUT2D eigenvalue weighted by molar-refractivity contribution is 6.16. The Bertz CT molecular complexity index is 1330. The third kappa shape index (κ3) is 3.25. The summed E-state index contributed by atoms with van der Waals surface area (Å²) in [6, 6.07) is 12.4. The predicted octanol–water partition coefficient (Wildman–Crippen LogP) is 3.61. The van der Waals surface area contributed by atoms with Gasteiger partial charge in [-0.25, -0.2) is 0 Å². The van der Waals surface area contributed by atoms with Gasteiger partial charge in [0.2, 0.25) is 5.91 Å². The molecule has 1 aromatic carbocycles. The van der Waals surface area contributed by atoms with E-state index in [0.717, 1.165) is 78.8 Å². The van der Waals surface area contributed by atoms with Gasteiger partial charge < -0.3 is 9.88 Å². The van der Waals surface area contributed by atoms with E-state index in [4.69, 9.17) is 9.98 Å². The Morgan fingerprint density at radius 3 is 2.71 bits per heavy atom. The number of hydrogen-bond acceptors (Lipinski definition) is 4. The Balaban J connectivity index is 1.12. The van der Waals surface area contributed by atoms with Crippen molar-refractivity contribution in [2.24, 2.45) is 16.8 Å². The van der Waals surface area contributed by atoms with Crippen molar-refractivity contribution >= 4 is 28.6 Å². The number of amides is 2. The molecule has 34 heavy (non-hydrogen) atoms. The van der Waals surface area contributed by atoms with Crippen LogP contribution in [0.25, 0.3) is 22.2 Å². The van der Waals surface area contributed by atoms with Crippen LogP contribution < -0.4 is 0 Å². The molecular formula is C27H27N5O2. The fourth-order valence-corrected chi connectivity index (χ4v) is 5.43. The van der Waals surface area contributed by atoms with Crippen molar-refractivity contribution in [1.82, 2.24) is 19.8 Å². The quantitative estimate of drug-likeness (QED) is 0.641. The van der Waals surface area contributed by atoms with E-state index in [-0.39, 0.29) is 11.8 Å². The number of H-pyrrole nitrogens is 1. The van der Waals surface area contributed by atoms with Gasteiger partial charge in [-0.3, -0.25) is 24.5 Å². The number of nitrogens with zero attached hydrogens (tertiary/aromatic N) is 4. The zero-order chi connectivity index (χ0) is 22.9.